The number of hydrogen-bond acceptors (Lipinski definition) is 4. The van der Waals surface area contributed by atoms with Gasteiger partial charge in [-0.15, -0.1) is 11.8 Å². The number of rotatable bonds is 18. The number of carbonyl (C=O) groups excluding carboxylic acids is 1. The van der Waals surface area contributed by atoms with Gasteiger partial charge in [0.05, 0.1) is 18.2 Å². The Labute approximate surface area is 260 Å². The third-order valence-corrected chi connectivity index (χ3v) is 8.89. The van der Waals surface area contributed by atoms with E-state index in [9.17, 15) is 4.79 Å². The molecule has 0 atom stereocenters. The maximum Gasteiger partial charge on any atom is 0.323 e. The number of thioether (sulfide) groups is 1. The van der Waals surface area contributed by atoms with Crippen molar-refractivity contribution in [1.82, 2.24) is 4.90 Å². The number of nitrogens with one attached hydrogen (secondary N) is 2. The van der Waals surface area contributed by atoms with Gasteiger partial charge in [0, 0.05) is 17.9 Å². The average molecular weight is 594 g/mol. The molecule has 2 aromatic carbocycles. The Bertz CT molecular complexity index is 1110. The Morgan fingerprint density at radius 3 is 2.05 bits per heavy atom. The van der Waals surface area contributed by atoms with Gasteiger partial charge >= 0.3 is 6.03 Å². The minimum Gasteiger partial charge on any atom is -0.491 e. The first-order valence-electron chi connectivity index (χ1n) is 16.2. The fraction of sp³-hybridized carbons (Fsp3) is 0.583. The van der Waals surface area contributed by atoms with Gasteiger partial charge in [-0.05, 0) is 59.6 Å². The van der Waals surface area contributed by atoms with E-state index >= 15 is 0 Å². The molecule has 1 aliphatic rings. The second kappa shape index (κ2) is 18.1. The van der Waals surface area contributed by atoms with Crippen molar-refractivity contribution < 1.29 is 9.53 Å². The normalized spacial score (nSPS) is 13.3. The molecule has 0 saturated heterocycles. The van der Waals surface area contributed by atoms with Crippen LogP contribution in [-0.2, 0) is 12.0 Å². The minimum atomic E-state index is -0.267. The van der Waals surface area contributed by atoms with Gasteiger partial charge in [-0.3, -0.25) is 0 Å². The Hall–Kier alpha value is -2.60. The third kappa shape index (κ3) is 12.3. The van der Waals surface area contributed by atoms with Crippen molar-refractivity contribution in [3.05, 3.63) is 64.7 Å². The maximum absolute atomic E-state index is 12.9. The first-order chi connectivity index (χ1) is 20.3. The lowest BCUT2D eigenvalue weighted by atomic mass is 9.87. The van der Waals surface area contributed by atoms with E-state index in [1.54, 1.807) is 0 Å². The molecule has 1 aliphatic heterocycles. The predicted octanol–water partition coefficient (Wildman–Crippen LogP) is 11.1. The Balaban J connectivity index is 1.43. The first-order valence-corrected chi connectivity index (χ1v) is 17.3. The van der Waals surface area contributed by atoms with Crippen molar-refractivity contribution in [2.75, 3.05) is 23.1 Å². The molecule has 0 radical (unpaired) electrons. The molecule has 0 aromatic heterocycles. The summed E-state index contributed by atoms with van der Waals surface area (Å²) in [7, 11) is 0. The molecule has 0 bridgehead atoms. The van der Waals surface area contributed by atoms with E-state index in [4.69, 9.17) is 4.74 Å². The van der Waals surface area contributed by atoms with E-state index in [-0.39, 0.29) is 11.4 Å². The van der Waals surface area contributed by atoms with E-state index in [2.05, 4.69) is 79.8 Å². The van der Waals surface area contributed by atoms with Crippen LogP contribution >= 0.6 is 11.8 Å². The van der Waals surface area contributed by atoms with Crippen molar-refractivity contribution in [2.45, 2.75) is 124 Å². The van der Waals surface area contributed by atoms with Gasteiger partial charge in [0.2, 0.25) is 0 Å². The Morgan fingerprint density at radius 1 is 0.857 bits per heavy atom. The van der Waals surface area contributed by atoms with Crippen LogP contribution in [0.15, 0.2) is 53.6 Å². The lowest BCUT2D eigenvalue weighted by Gasteiger charge is -2.22. The van der Waals surface area contributed by atoms with Crippen molar-refractivity contribution in [2.24, 2.45) is 0 Å². The summed E-state index contributed by atoms with van der Waals surface area (Å²) in [6.45, 7) is 12.5. The molecule has 6 heteroatoms. The molecule has 0 fully saturated rings. The topological polar surface area (TPSA) is 53.6 Å². The molecule has 2 N–H and O–H groups in total. The summed E-state index contributed by atoms with van der Waals surface area (Å²) >= 11 is 1.83. The number of unbranched alkanes of at least 4 members (excludes halogenated alkanes) is 11. The van der Waals surface area contributed by atoms with Crippen LogP contribution in [0.4, 0.5) is 16.2 Å². The van der Waals surface area contributed by atoms with Gasteiger partial charge in [-0.1, -0.05) is 117 Å². The summed E-state index contributed by atoms with van der Waals surface area (Å²) in [4.78, 5) is 15.3. The van der Waals surface area contributed by atoms with Crippen molar-refractivity contribution in [3.8, 4) is 5.75 Å². The van der Waals surface area contributed by atoms with Crippen LogP contribution in [0.5, 0.6) is 5.75 Å². The van der Waals surface area contributed by atoms with E-state index in [0.29, 0.717) is 12.3 Å². The zero-order valence-electron chi connectivity index (χ0n) is 26.9. The van der Waals surface area contributed by atoms with E-state index in [1.165, 1.54) is 87.5 Å². The molecule has 0 saturated carbocycles. The standard InChI is InChI=1S/C36H55N3O2S/c1-6-7-8-9-10-11-12-13-14-15-16-17-24-41-34-25-31(36(3,4)5)20-23-33(34)38-35(40)37-32-21-18-30(19-22-32)26-39-28-42-27-29(39)2/h18-23,25,27H,6-17,24,26,28H2,1-5H3,(H2,37,38,40). The van der Waals surface area contributed by atoms with E-state index < -0.39 is 0 Å². The number of urea groups is 1. The molecule has 42 heavy (non-hydrogen) atoms. The molecular formula is C36H55N3O2S. The molecule has 0 unspecified atom stereocenters. The average Bonchev–Trinajstić information content (AvgIpc) is 3.36. The SMILES string of the molecule is CCCCCCCCCCCCCCOc1cc(C(C)(C)C)ccc1NC(=O)Nc1ccc(CN2CSC=C2C)cc1. The zero-order valence-corrected chi connectivity index (χ0v) is 27.7. The number of nitrogens with zero attached hydrogens (tertiary/aromatic N) is 1. The fourth-order valence-electron chi connectivity index (χ4n) is 5.13. The quantitative estimate of drug-likeness (QED) is 0.169. The molecule has 2 amide bonds. The van der Waals surface area contributed by atoms with Crippen LogP contribution in [0.3, 0.4) is 0 Å². The Kier molecular flexibility index (Phi) is 14.6. The van der Waals surface area contributed by atoms with Crippen molar-refractivity contribution in [1.29, 1.82) is 0 Å². The van der Waals surface area contributed by atoms with E-state index in [0.717, 1.165) is 30.3 Å². The second-order valence-electron chi connectivity index (χ2n) is 12.7. The van der Waals surface area contributed by atoms with Crippen LogP contribution in [0, 0.1) is 0 Å². The lowest BCUT2D eigenvalue weighted by molar-refractivity contribution is 0.261. The first kappa shape index (κ1) is 33.9. The monoisotopic (exact) mass is 593 g/mol. The predicted molar refractivity (Wildman–Crippen MR) is 183 cm³/mol. The van der Waals surface area contributed by atoms with Crippen LogP contribution in [-0.4, -0.2) is 23.4 Å². The highest BCUT2D eigenvalue weighted by Gasteiger charge is 2.18. The number of ether oxygens (including phenoxy) is 1. The van der Waals surface area contributed by atoms with E-state index in [1.807, 2.05) is 30.0 Å². The summed E-state index contributed by atoms with van der Waals surface area (Å²) in [5, 5.41) is 8.19. The highest BCUT2D eigenvalue weighted by atomic mass is 32.2. The molecule has 5 nitrogen and oxygen atoms in total. The second-order valence-corrected chi connectivity index (χ2v) is 13.6. The number of carbonyl (C=O) groups is 1. The van der Waals surface area contributed by atoms with Crippen LogP contribution in [0.2, 0.25) is 0 Å². The lowest BCUT2D eigenvalue weighted by Crippen LogP contribution is -2.21. The van der Waals surface area contributed by atoms with Gasteiger partial charge in [-0.25, -0.2) is 4.79 Å². The van der Waals surface area contributed by atoms with Crippen LogP contribution < -0.4 is 15.4 Å². The smallest absolute Gasteiger partial charge is 0.323 e. The van der Waals surface area contributed by atoms with Crippen molar-refractivity contribution in [3.63, 3.8) is 0 Å². The molecule has 0 spiro atoms. The van der Waals surface area contributed by atoms with Gasteiger partial charge in [0.25, 0.3) is 0 Å². The molecule has 3 rings (SSSR count). The molecule has 0 aliphatic carbocycles. The molecular weight excluding hydrogens is 538 g/mol. The van der Waals surface area contributed by atoms with Crippen LogP contribution in [0.1, 0.15) is 123 Å². The zero-order chi connectivity index (χ0) is 30.2. The fourth-order valence-corrected chi connectivity index (χ4v) is 6.07. The van der Waals surface area contributed by atoms with Gasteiger partial charge in [0.15, 0.2) is 0 Å². The number of hydrogen-bond donors (Lipinski definition) is 2. The number of amides is 2. The van der Waals surface area contributed by atoms with Gasteiger partial charge in [0.1, 0.15) is 5.75 Å². The molecule has 1 heterocycles. The number of benzene rings is 2. The third-order valence-electron chi connectivity index (χ3n) is 7.92. The highest BCUT2D eigenvalue weighted by molar-refractivity contribution is 8.02. The summed E-state index contributed by atoms with van der Waals surface area (Å²) < 4.78 is 6.25. The Morgan fingerprint density at radius 2 is 1.48 bits per heavy atom. The molecule has 2 aromatic rings. The van der Waals surface area contributed by atoms with Gasteiger partial charge in [-0.2, -0.15) is 0 Å². The van der Waals surface area contributed by atoms with Gasteiger partial charge < -0.3 is 20.3 Å². The summed E-state index contributed by atoms with van der Waals surface area (Å²) in [6.07, 6.45) is 15.8. The molecule has 232 valence electrons. The number of anilines is 2. The summed E-state index contributed by atoms with van der Waals surface area (Å²) in [6, 6.07) is 13.9. The highest BCUT2D eigenvalue weighted by Crippen LogP contribution is 2.32. The summed E-state index contributed by atoms with van der Waals surface area (Å²) in [5.74, 6) is 1.73. The number of allylic oxidation sites excluding steroid dienone is 1. The largest absolute Gasteiger partial charge is 0.491 e. The van der Waals surface area contributed by atoms with Crippen molar-refractivity contribution >= 4 is 29.2 Å². The maximum atomic E-state index is 12.9. The summed E-state index contributed by atoms with van der Waals surface area (Å²) in [5.41, 5.74) is 5.18. The van der Waals surface area contributed by atoms with Crippen LogP contribution in [0.25, 0.3) is 0 Å². The minimum absolute atomic E-state index is 0.00126.